The van der Waals surface area contributed by atoms with Gasteiger partial charge < -0.3 is 4.74 Å². The van der Waals surface area contributed by atoms with Crippen LogP contribution in [0.1, 0.15) is 37.6 Å². The highest BCUT2D eigenvalue weighted by molar-refractivity contribution is 9.09. The van der Waals surface area contributed by atoms with Crippen molar-refractivity contribution in [3.63, 3.8) is 0 Å². The summed E-state index contributed by atoms with van der Waals surface area (Å²) in [4.78, 5) is 0.375. The van der Waals surface area contributed by atoms with Gasteiger partial charge >= 0.3 is 0 Å². The van der Waals surface area contributed by atoms with Crippen LogP contribution in [0.5, 0.6) is 0 Å². The molecular formula is C19H19BrCl2N2O. The Bertz CT molecular complexity index is 807. The van der Waals surface area contributed by atoms with Crippen LogP contribution in [-0.2, 0) is 11.3 Å². The van der Waals surface area contributed by atoms with Crippen LogP contribution in [-0.4, -0.2) is 14.6 Å². The Kier molecular flexibility index (Phi) is 5.92. The first-order valence-corrected chi connectivity index (χ1v) is 9.81. The summed E-state index contributed by atoms with van der Waals surface area (Å²) in [6, 6.07) is 7.50. The van der Waals surface area contributed by atoms with Gasteiger partial charge in [-0.05, 0) is 42.7 Å². The first-order chi connectivity index (χ1) is 12.0. The van der Waals surface area contributed by atoms with Crippen molar-refractivity contribution in [3.05, 3.63) is 69.7 Å². The van der Waals surface area contributed by atoms with Crippen LogP contribution in [0.3, 0.4) is 0 Å². The Hall–Kier alpha value is -1.23. The summed E-state index contributed by atoms with van der Waals surface area (Å²) in [6.45, 7) is 4.60. The predicted molar refractivity (Wildman–Crippen MR) is 107 cm³/mol. The molecule has 0 saturated carbocycles. The maximum atomic E-state index is 6.38. The Morgan fingerprint density at radius 2 is 2.04 bits per heavy atom. The molecule has 2 aromatic rings. The van der Waals surface area contributed by atoms with Crippen molar-refractivity contribution < 1.29 is 4.74 Å². The van der Waals surface area contributed by atoms with Gasteiger partial charge in [-0.1, -0.05) is 65.1 Å². The highest BCUT2D eigenvalue weighted by atomic mass is 79.9. The second-order valence-electron chi connectivity index (χ2n) is 6.20. The number of nitrogens with zero attached hydrogens (tertiary/aromatic N) is 2. The van der Waals surface area contributed by atoms with E-state index in [1.165, 1.54) is 0 Å². The molecule has 132 valence electrons. The summed E-state index contributed by atoms with van der Waals surface area (Å²) in [7, 11) is 0. The third-order valence-electron chi connectivity index (χ3n) is 3.94. The minimum absolute atomic E-state index is 0.296. The number of para-hydroxylation sites is 1. The molecule has 1 aliphatic rings. The van der Waals surface area contributed by atoms with E-state index in [1.54, 1.807) is 4.68 Å². The summed E-state index contributed by atoms with van der Waals surface area (Å²) in [5.41, 5.74) is 2.57. The third kappa shape index (κ3) is 4.30. The fourth-order valence-electron chi connectivity index (χ4n) is 2.55. The standard InChI is InChI=1S/C19H19BrCl2N2O/c1-12(2)18-10-14(11-25-15-8-6-13(20)7-9-15)24(23-18)19-16(21)4-3-5-17(19)22/h3-6,8-10,12-13H,7,11H2,1-2H3. The number of ether oxygens (including phenoxy) is 1. The third-order valence-corrected chi connectivity index (χ3v) is 5.23. The molecule has 0 N–H and O–H groups in total. The smallest absolute Gasteiger partial charge is 0.130 e. The molecule has 0 bridgehead atoms. The van der Waals surface area contributed by atoms with E-state index in [1.807, 2.05) is 30.3 Å². The van der Waals surface area contributed by atoms with Gasteiger partial charge in [-0.15, -0.1) is 0 Å². The maximum absolute atomic E-state index is 6.38. The normalized spacial score (nSPS) is 17.0. The topological polar surface area (TPSA) is 27.1 Å². The van der Waals surface area contributed by atoms with E-state index in [-0.39, 0.29) is 0 Å². The molecule has 0 saturated heterocycles. The van der Waals surface area contributed by atoms with Crippen LogP contribution in [0.25, 0.3) is 5.69 Å². The minimum atomic E-state index is 0.296. The van der Waals surface area contributed by atoms with Gasteiger partial charge in [0.25, 0.3) is 0 Å². The molecule has 0 amide bonds. The number of allylic oxidation sites excluding steroid dienone is 3. The monoisotopic (exact) mass is 440 g/mol. The largest absolute Gasteiger partial charge is 0.488 e. The summed E-state index contributed by atoms with van der Waals surface area (Å²) < 4.78 is 7.75. The Balaban J connectivity index is 1.92. The molecule has 0 aliphatic heterocycles. The van der Waals surface area contributed by atoms with Crippen LogP contribution in [0.2, 0.25) is 10.0 Å². The van der Waals surface area contributed by atoms with E-state index in [0.29, 0.717) is 33.1 Å². The molecule has 0 radical (unpaired) electrons. The molecule has 1 heterocycles. The quantitative estimate of drug-likeness (QED) is 0.500. The van der Waals surface area contributed by atoms with E-state index in [9.17, 15) is 0 Å². The molecule has 25 heavy (non-hydrogen) atoms. The number of hydrogen-bond acceptors (Lipinski definition) is 2. The summed E-state index contributed by atoms with van der Waals surface area (Å²) in [5, 5.41) is 5.82. The van der Waals surface area contributed by atoms with E-state index < -0.39 is 0 Å². The summed E-state index contributed by atoms with van der Waals surface area (Å²) >= 11 is 16.3. The lowest BCUT2D eigenvalue weighted by Crippen LogP contribution is -2.07. The molecule has 1 aromatic heterocycles. The van der Waals surface area contributed by atoms with Crippen molar-refractivity contribution >= 4 is 39.1 Å². The van der Waals surface area contributed by atoms with Crippen LogP contribution < -0.4 is 0 Å². The SMILES string of the molecule is CC(C)c1cc(COC2=CCC(Br)C=C2)n(-c2c(Cl)cccc2Cl)n1. The minimum Gasteiger partial charge on any atom is -0.488 e. The number of aromatic nitrogens is 2. The second kappa shape index (κ2) is 7.98. The van der Waals surface area contributed by atoms with Crippen molar-refractivity contribution in [3.8, 4) is 5.69 Å². The maximum Gasteiger partial charge on any atom is 0.130 e. The van der Waals surface area contributed by atoms with Gasteiger partial charge in [-0.2, -0.15) is 5.10 Å². The number of rotatable bonds is 5. The highest BCUT2D eigenvalue weighted by Crippen LogP contribution is 2.31. The average Bonchev–Trinajstić information content (AvgIpc) is 2.98. The van der Waals surface area contributed by atoms with Gasteiger partial charge in [0, 0.05) is 4.83 Å². The zero-order chi connectivity index (χ0) is 18.0. The number of benzene rings is 1. The Morgan fingerprint density at radius 1 is 1.32 bits per heavy atom. The summed E-state index contributed by atoms with van der Waals surface area (Å²) in [6.07, 6.45) is 7.05. The molecular weight excluding hydrogens is 423 g/mol. The lowest BCUT2D eigenvalue weighted by atomic mass is 10.1. The van der Waals surface area contributed by atoms with Gasteiger partial charge in [0.1, 0.15) is 18.1 Å². The Morgan fingerprint density at radius 3 is 2.64 bits per heavy atom. The van der Waals surface area contributed by atoms with Crippen LogP contribution >= 0.6 is 39.1 Å². The molecule has 1 unspecified atom stereocenters. The van der Waals surface area contributed by atoms with Crippen molar-refractivity contribution in [1.29, 1.82) is 0 Å². The van der Waals surface area contributed by atoms with E-state index in [4.69, 9.17) is 33.0 Å². The van der Waals surface area contributed by atoms with E-state index in [2.05, 4.69) is 41.9 Å². The van der Waals surface area contributed by atoms with Crippen molar-refractivity contribution in [2.24, 2.45) is 0 Å². The number of halogens is 3. The molecule has 1 aliphatic carbocycles. The van der Waals surface area contributed by atoms with Crippen LogP contribution in [0.4, 0.5) is 0 Å². The molecule has 0 spiro atoms. The van der Waals surface area contributed by atoms with Crippen LogP contribution in [0.15, 0.2) is 48.3 Å². The van der Waals surface area contributed by atoms with Crippen molar-refractivity contribution in [2.75, 3.05) is 0 Å². The van der Waals surface area contributed by atoms with Crippen LogP contribution in [0, 0.1) is 0 Å². The number of hydrogen-bond donors (Lipinski definition) is 0. The van der Waals surface area contributed by atoms with E-state index in [0.717, 1.165) is 23.6 Å². The zero-order valence-electron chi connectivity index (χ0n) is 14.0. The highest BCUT2D eigenvalue weighted by Gasteiger charge is 2.17. The summed E-state index contributed by atoms with van der Waals surface area (Å²) in [5.74, 6) is 1.16. The number of alkyl halides is 1. The van der Waals surface area contributed by atoms with E-state index >= 15 is 0 Å². The van der Waals surface area contributed by atoms with Gasteiger partial charge in [0.05, 0.1) is 21.4 Å². The first-order valence-electron chi connectivity index (χ1n) is 8.14. The van der Waals surface area contributed by atoms with Crippen molar-refractivity contribution in [1.82, 2.24) is 9.78 Å². The molecule has 1 atom stereocenters. The Labute approximate surface area is 166 Å². The molecule has 6 heteroatoms. The fraction of sp³-hybridized carbons (Fsp3) is 0.316. The average molecular weight is 442 g/mol. The second-order valence-corrected chi connectivity index (χ2v) is 8.19. The zero-order valence-corrected chi connectivity index (χ0v) is 17.1. The predicted octanol–water partition coefficient (Wildman–Crippen LogP) is 6.43. The lowest BCUT2D eigenvalue weighted by Gasteiger charge is -2.14. The molecule has 3 rings (SSSR count). The van der Waals surface area contributed by atoms with Gasteiger partial charge in [-0.25, -0.2) is 4.68 Å². The first kappa shape index (κ1) is 18.6. The lowest BCUT2D eigenvalue weighted by molar-refractivity contribution is 0.203. The van der Waals surface area contributed by atoms with Gasteiger partial charge in [0.2, 0.25) is 0 Å². The fourth-order valence-corrected chi connectivity index (χ4v) is 3.45. The molecule has 3 nitrogen and oxygen atoms in total. The molecule has 0 fully saturated rings. The van der Waals surface area contributed by atoms with Gasteiger partial charge in [-0.3, -0.25) is 0 Å². The molecule has 1 aromatic carbocycles. The van der Waals surface area contributed by atoms with Crippen molar-refractivity contribution in [2.45, 2.75) is 37.6 Å². The van der Waals surface area contributed by atoms with Gasteiger partial charge in [0.15, 0.2) is 0 Å².